The predicted molar refractivity (Wildman–Crippen MR) is 111 cm³/mol. The summed E-state index contributed by atoms with van der Waals surface area (Å²) in [5.74, 6) is -0.238. The molecule has 0 heterocycles. The maximum absolute atomic E-state index is 12.6. The fourth-order valence-electron chi connectivity index (χ4n) is 2.60. The number of benzene rings is 2. The maximum Gasteiger partial charge on any atom is 0.261 e. The van der Waals surface area contributed by atoms with E-state index in [1.807, 2.05) is 20.8 Å². The molecule has 0 saturated heterocycles. The van der Waals surface area contributed by atoms with Crippen LogP contribution in [0.5, 0.6) is 0 Å². The van der Waals surface area contributed by atoms with Crippen molar-refractivity contribution in [3.63, 3.8) is 0 Å². The molecule has 2 aromatic carbocycles. The van der Waals surface area contributed by atoms with Crippen molar-refractivity contribution >= 4 is 21.6 Å². The molecule has 28 heavy (non-hydrogen) atoms. The minimum atomic E-state index is -3.73. The van der Waals surface area contributed by atoms with Crippen LogP contribution in [0.1, 0.15) is 41.8 Å². The van der Waals surface area contributed by atoms with Crippen LogP contribution in [-0.2, 0) is 14.8 Å². The molecule has 7 heteroatoms. The number of sulfonamides is 1. The maximum atomic E-state index is 12.6. The quantitative estimate of drug-likeness (QED) is 0.625. The van der Waals surface area contributed by atoms with Gasteiger partial charge in [0.25, 0.3) is 15.9 Å². The number of hydrogen-bond acceptors (Lipinski definition) is 4. The lowest BCUT2D eigenvalue weighted by atomic mass is 10.1. The Morgan fingerprint density at radius 2 is 1.75 bits per heavy atom. The molecule has 0 fully saturated rings. The van der Waals surface area contributed by atoms with Gasteiger partial charge >= 0.3 is 0 Å². The monoisotopic (exact) mass is 404 g/mol. The SMILES string of the molecule is Cc1ccc(S(=O)(=O)Nc2cccc(C(=O)NCCCOC(C)C)c2C)cc1. The van der Waals surface area contributed by atoms with Crippen LogP contribution in [0.2, 0.25) is 0 Å². The first-order valence-electron chi connectivity index (χ1n) is 9.29. The second-order valence-electron chi connectivity index (χ2n) is 6.93. The Morgan fingerprint density at radius 1 is 1.07 bits per heavy atom. The van der Waals surface area contributed by atoms with Crippen molar-refractivity contribution in [1.29, 1.82) is 0 Å². The highest BCUT2D eigenvalue weighted by molar-refractivity contribution is 7.92. The van der Waals surface area contributed by atoms with Gasteiger partial charge in [0.15, 0.2) is 0 Å². The van der Waals surface area contributed by atoms with Crippen LogP contribution in [0.25, 0.3) is 0 Å². The molecule has 0 unspecified atom stereocenters. The average molecular weight is 405 g/mol. The van der Waals surface area contributed by atoms with Gasteiger partial charge in [0.05, 0.1) is 16.7 Å². The van der Waals surface area contributed by atoms with Gasteiger partial charge in [-0.3, -0.25) is 9.52 Å². The van der Waals surface area contributed by atoms with E-state index in [9.17, 15) is 13.2 Å². The average Bonchev–Trinajstić information content (AvgIpc) is 2.63. The molecule has 6 nitrogen and oxygen atoms in total. The number of anilines is 1. The van der Waals surface area contributed by atoms with Crippen molar-refractivity contribution in [1.82, 2.24) is 5.32 Å². The summed E-state index contributed by atoms with van der Waals surface area (Å²) in [5.41, 5.74) is 2.38. The van der Waals surface area contributed by atoms with E-state index in [4.69, 9.17) is 4.74 Å². The summed E-state index contributed by atoms with van der Waals surface area (Å²) in [4.78, 5) is 12.6. The highest BCUT2D eigenvalue weighted by Crippen LogP contribution is 2.23. The number of aryl methyl sites for hydroxylation is 1. The van der Waals surface area contributed by atoms with E-state index in [0.717, 1.165) is 5.56 Å². The van der Waals surface area contributed by atoms with Gasteiger partial charge in [0, 0.05) is 18.7 Å². The molecule has 2 N–H and O–H groups in total. The summed E-state index contributed by atoms with van der Waals surface area (Å²) in [5, 5.41) is 2.85. The second kappa shape index (κ2) is 9.71. The standard InChI is InChI=1S/C21H28N2O4S/c1-15(2)27-14-6-13-22-21(24)19-7-5-8-20(17(19)4)23-28(25,26)18-11-9-16(3)10-12-18/h5,7-12,15,23H,6,13-14H2,1-4H3,(H,22,24). The molecule has 0 aromatic heterocycles. The lowest BCUT2D eigenvalue weighted by Crippen LogP contribution is -2.26. The number of amides is 1. The Balaban J connectivity index is 2.07. The molecule has 0 atom stereocenters. The van der Waals surface area contributed by atoms with Crippen molar-refractivity contribution < 1.29 is 17.9 Å². The topological polar surface area (TPSA) is 84.5 Å². The minimum Gasteiger partial charge on any atom is -0.379 e. The second-order valence-corrected chi connectivity index (χ2v) is 8.61. The van der Waals surface area contributed by atoms with Gasteiger partial charge in [-0.1, -0.05) is 23.8 Å². The van der Waals surface area contributed by atoms with Gasteiger partial charge in [-0.15, -0.1) is 0 Å². The number of carbonyl (C=O) groups excluding carboxylic acids is 1. The van der Waals surface area contributed by atoms with Crippen LogP contribution in [-0.4, -0.2) is 33.6 Å². The molecular formula is C21H28N2O4S. The van der Waals surface area contributed by atoms with Crippen LogP contribution in [0, 0.1) is 13.8 Å². The zero-order valence-electron chi connectivity index (χ0n) is 16.8. The fourth-order valence-corrected chi connectivity index (χ4v) is 3.72. The first-order valence-corrected chi connectivity index (χ1v) is 10.8. The van der Waals surface area contributed by atoms with E-state index in [-0.39, 0.29) is 16.9 Å². The third-order valence-corrected chi connectivity index (χ3v) is 5.59. The van der Waals surface area contributed by atoms with E-state index in [1.165, 1.54) is 0 Å². The van der Waals surface area contributed by atoms with Gasteiger partial charge in [-0.25, -0.2) is 8.42 Å². The first-order chi connectivity index (χ1) is 13.2. The lowest BCUT2D eigenvalue weighted by Gasteiger charge is -2.14. The Morgan fingerprint density at radius 3 is 2.39 bits per heavy atom. The van der Waals surface area contributed by atoms with Crippen LogP contribution in [0.3, 0.4) is 0 Å². The summed E-state index contributed by atoms with van der Waals surface area (Å²) in [6.45, 7) is 8.61. The van der Waals surface area contributed by atoms with E-state index in [1.54, 1.807) is 49.4 Å². The highest BCUT2D eigenvalue weighted by Gasteiger charge is 2.17. The third kappa shape index (κ3) is 6.07. The number of hydrogen-bond donors (Lipinski definition) is 2. The number of nitrogens with one attached hydrogen (secondary N) is 2. The number of ether oxygens (including phenoxy) is 1. The summed E-state index contributed by atoms with van der Waals surface area (Å²) in [7, 11) is -3.73. The van der Waals surface area contributed by atoms with Crippen LogP contribution < -0.4 is 10.0 Å². The number of carbonyl (C=O) groups is 1. The molecule has 2 rings (SSSR count). The van der Waals surface area contributed by atoms with Crippen molar-refractivity contribution in [2.75, 3.05) is 17.9 Å². The Kier molecular flexibility index (Phi) is 7.60. The van der Waals surface area contributed by atoms with Crippen LogP contribution in [0.4, 0.5) is 5.69 Å². The number of rotatable bonds is 9. The normalized spacial score (nSPS) is 11.5. The zero-order chi connectivity index (χ0) is 20.7. The molecule has 0 saturated carbocycles. The third-order valence-electron chi connectivity index (χ3n) is 4.21. The molecule has 0 aliphatic carbocycles. The molecule has 2 aromatic rings. The Labute approximate surface area is 167 Å². The van der Waals surface area contributed by atoms with E-state index in [0.29, 0.717) is 36.4 Å². The first kappa shape index (κ1) is 21.9. The van der Waals surface area contributed by atoms with Gasteiger partial charge in [0.1, 0.15) is 0 Å². The smallest absolute Gasteiger partial charge is 0.261 e. The Bertz CT molecular complexity index is 907. The van der Waals surface area contributed by atoms with Gasteiger partial charge in [0.2, 0.25) is 0 Å². The lowest BCUT2D eigenvalue weighted by molar-refractivity contribution is 0.0757. The molecule has 152 valence electrons. The molecule has 0 aliphatic heterocycles. The fraction of sp³-hybridized carbons (Fsp3) is 0.381. The molecule has 1 amide bonds. The van der Waals surface area contributed by atoms with Crippen molar-refractivity contribution in [3.8, 4) is 0 Å². The summed E-state index contributed by atoms with van der Waals surface area (Å²) < 4.78 is 33.3. The molecule has 0 aliphatic rings. The Hall–Kier alpha value is -2.38. The predicted octanol–water partition coefficient (Wildman–Crippen LogP) is 3.65. The van der Waals surface area contributed by atoms with Gasteiger partial charge < -0.3 is 10.1 Å². The molecule has 0 bridgehead atoms. The summed E-state index contributed by atoms with van der Waals surface area (Å²) >= 11 is 0. The summed E-state index contributed by atoms with van der Waals surface area (Å²) in [6.07, 6.45) is 0.874. The largest absolute Gasteiger partial charge is 0.379 e. The van der Waals surface area contributed by atoms with Crippen molar-refractivity contribution in [2.45, 2.75) is 45.1 Å². The molecule has 0 radical (unpaired) electrons. The highest BCUT2D eigenvalue weighted by atomic mass is 32.2. The van der Waals surface area contributed by atoms with E-state index in [2.05, 4.69) is 10.0 Å². The van der Waals surface area contributed by atoms with Crippen LogP contribution >= 0.6 is 0 Å². The van der Waals surface area contributed by atoms with Gasteiger partial charge in [-0.2, -0.15) is 0 Å². The van der Waals surface area contributed by atoms with E-state index < -0.39 is 10.0 Å². The van der Waals surface area contributed by atoms with Crippen molar-refractivity contribution in [3.05, 3.63) is 59.2 Å². The van der Waals surface area contributed by atoms with Crippen LogP contribution in [0.15, 0.2) is 47.4 Å². The summed E-state index contributed by atoms with van der Waals surface area (Å²) in [6, 6.07) is 11.6. The molecular weight excluding hydrogens is 376 g/mol. The van der Waals surface area contributed by atoms with Gasteiger partial charge in [-0.05, 0) is 63.9 Å². The zero-order valence-corrected chi connectivity index (χ0v) is 17.6. The minimum absolute atomic E-state index is 0.163. The van der Waals surface area contributed by atoms with E-state index >= 15 is 0 Å². The van der Waals surface area contributed by atoms with Crippen molar-refractivity contribution in [2.24, 2.45) is 0 Å². The molecule has 0 spiro atoms.